The minimum absolute atomic E-state index is 0.0950. The predicted octanol–water partition coefficient (Wildman–Crippen LogP) is 4.02. The zero-order chi connectivity index (χ0) is 23.8. The molecule has 0 atom stereocenters. The molecule has 0 bridgehead atoms. The summed E-state index contributed by atoms with van der Waals surface area (Å²) >= 11 is 0. The summed E-state index contributed by atoms with van der Waals surface area (Å²) in [6.07, 6.45) is 0.848. The Morgan fingerprint density at radius 1 is 0.812 bits per heavy atom. The number of hydrogen-bond acceptors (Lipinski definition) is 8. The van der Waals surface area contributed by atoms with Gasteiger partial charge in [-0.15, -0.1) is 0 Å². The first kappa shape index (κ1) is 24.8. The van der Waals surface area contributed by atoms with Crippen LogP contribution in [0.1, 0.15) is 25.0 Å². The van der Waals surface area contributed by atoms with Gasteiger partial charge in [0.15, 0.2) is 17.2 Å². The maximum absolute atomic E-state index is 12.2. The first-order valence-corrected chi connectivity index (χ1v) is 10.1. The van der Waals surface area contributed by atoms with Crippen molar-refractivity contribution in [2.45, 2.75) is 32.8 Å². The van der Waals surface area contributed by atoms with Crippen LogP contribution in [0.25, 0.3) is 11.1 Å². The van der Waals surface area contributed by atoms with E-state index in [2.05, 4.69) is 9.47 Å². The third-order valence-corrected chi connectivity index (χ3v) is 4.86. The fourth-order valence-corrected chi connectivity index (χ4v) is 3.48. The average molecular weight is 446 g/mol. The van der Waals surface area contributed by atoms with Gasteiger partial charge in [-0.3, -0.25) is 4.79 Å². The highest BCUT2D eigenvalue weighted by molar-refractivity contribution is 5.83. The van der Waals surface area contributed by atoms with Gasteiger partial charge in [-0.25, -0.2) is 4.79 Å². The largest absolute Gasteiger partial charge is 0.508 e. The van der Waals surface area contributed by atoms with Gasteiger partial charge in [0.25, 0.3) is 0 Å². The average Bonchev–Trinajstić information content (AvgIpc) is 2.95. The molecule has 0 N–H and O–H groups in total. The van der Waals surface area contributed by atoms with Crippen LogP contribution in [0.4, 0.5) is 4.79 Å². The first-order valence-electron chi connectivity index (χ1n) is 10.1. The second-order valence-corrected chi connectivity index (χ2v) is 7.15. The molecular weight excluding hydrogens is 416 g/mol. The Hall–Kier alpha value is -3.42. The van der Waals surface area contributed by atoms with Gasteiger partial charge in [-0.1, -0.05) is 6.07 Å². The number of benzene rings is 1. The maximum Gasteiger partial charge on any atom is 0.508 e. The molecule has 0 radical (unpaired) electrons. The summed E-state index contributed by atoms with van der Waals surface area (Å²) in [4.78, 5) is 22.4. The number of aryl methyl sites for hydroxylation is 2. The SMILES string of the molecule is COC(=O)OC(C)C.COc1cc2c(c(OC)c1OC)-c1ccc(OC)c(=O)cc1CC2. The molecule has 32 heavy (non-hydrogen) atoms. The van der Waals surface area contributed by atoms with Gasteiger partial charge in [-0.2, -0.15) is 0 Å². The second-order valence-electron chi connectivity index (χ2n) is 7.15. The fourth-order valence-electron chi connectivity index (χ4n) is 3.48. The molecule has 8 nitrogen and oxygen atoms in total. The number of hydrogen-bond donors (Lipinski definition) is 0. The van der Waals surface area contributed by atoms with Crippen LogP contribution in [-0.4, -0.2) is 47.8 Å². The summed E-state index contributed by atoms with van der Waals surface area (Å²) < 4.78 is 30.5. The molecule has 2 aromatic carbocycles. The standard InChI is InChI=1S/C19H20O5.C5H10O3/c1-21-15-8-7-13-11(9-14(15)20)5-6-12-10-16(22-2)18(23-3)19(24-4)17(12)13;1-4(2)8-5(6)7-3/h7-10H,5-6H2,1-4H3;4H,1-3H3. The van der Waals surface area contributed by atoms with Crippen LogP contribution in [0.5, 0.6) is 23.0 Å². The lowest BCUT2D eigenvalue weighted by Crippen LogP contribution is -2.10. The number of rotatable bonds is 5. The van der Waals surface area contributed by atoms with E-state index >= 15 is 0 Å². The van der Waals surface area contributed by atoms with Crippen LogP contribution >= 0.6 is 0 Å². The van der Waals surface area contributed by atoms with E-state index in [0.717, 1.165) is 35.1 Å². The highest BCUT2D eigenvalue weighted by atomic mass is 16.7. The Labute approximate surface area is 188 Å². The van der Waals surface area contributed by atoms with Crippen molar-refractivity contribution in [3.8, 4) is 34.1 Å². The normalized spacial score (nSPS) is 11.2. The van der Waals surface area contributed by atoms with Crippen molar-refractivity contribution < 1.29 is 33.2 Å². The van der Waals surface area contributed by atoms with E-state index in [9.17, 15) is 9.59 Å². The molecule has 0 spiro atoms. The van der Waals surface area contributed by atoms with Crippen LogP contribution in [0.15, 0.2) is 29.1 Å². The molecule has 0 saturated heterocycles. The van der Waals surface area contributed by atoms with Crippen LogP contribution in [0.3, 0.4) is 0 Å². The third kappa shape index (κ3) is 5.43. The van der Waals surface area contributed by atoms with E-state index in [1.54, 1.807) is 47.3 Å². The monoisotopic (exact) mass is 446 g/mol. The van der Waals surface area contributed by atoms with Gasteiger partial charge in [0.1, 0.15) is 0 Å². The van der Waals surface area contributed by atoms with Crippen molar-refractivity contribution in [2.24, 2.45) is 0 Å². The third-order valence-electron chi connectivity index (χ3n) is 4.86. The van der Waals surface area contributed by atoms with Crippen molar-refractivity contribution in [1.29, 1.82) is 0 Å². The van der Waals surface area contributed by atoms with Gasteiger partial charge in [0.2, 0.25) is 11.2 Å². The molecular formula is C24H30O8. The Morgan fingerprint density at radius 3 is 1.94 bits per heavy atom. The van der Waals surface area contributed by atoms with E-state index in [0.29, 0.717) is 23.0 Å². The Kier molecular flexibility index (Phi) is 8.75. The van der Waals surface area contributed by atoms with Crippen molar-refractivity contribution in [3.05, 3.63) is 45.6 Å². The van der Waals surface area contributed by atoms with E-state index in [1.807, 2.05) is 12.1 Å². The van der Waals surface area contributed by atoms with Crippen molar-refractivity contribution >= 4 is 6.16 Å². The topological polar surface area (TPSA) is 89.5 Å². The molecule has 2 aromatic rings. The molecule has 1 aliphatic rings. The Bertz CT molecular complexity index is 1010. The highest BCUT2D eigenvalue weighted by Gasteiger charge is 2.26. The number of fused-ring (bicyclic) bond motifs is 3. The highest BCUT2D eigenvalue weighted by Crippen LogP contribution is 2.49. The molecule has 0 saturated carbocycles. The summed E-state index contributed by atoms with van der Waals surface area (Å²) in [6.45, 7) is 3.52. The molecule has 3 rings (SSSR count). The van der Waals surface area contributed by atoms with Crippen molar-refractivity contribution in [3.63, 3.8) is 0 Å². The maximum atomic E-state index is 12.2. The molecule has 0 aromatic heterocycles. The van der Waals surface area contributed by atoms with Crippen LogP contribution in [-0.2, 0) is 22.3 Å². The van der Waals surface area contributed by atoms with Gasteiger partial charge < -0.3 is 28.4 Å². The summed E-state index contributed by atoms with van der Waals surface area (Å²) in [5.74, 6) is 2.13. The molecule has 174 valence electrons. The van der Waals surface area contributed by atoms with Crippen molar-refractivity contribution in [1.82, 2.24) is 0 Å². The molecule has 8 heteroatoms. The first-order chi connectivity index (χ1) is 15.3. The number of methoxy groups -OCH3 is 5. The lowest BCUT2D eigenvalue weighted by molar-refractivity contribution is 0.0496. The predicted molar refractivity (Wildman–Crippen MR) is 120 cm³/mol. The number of ether oxygens (including phenoxy) is 6. The summed E-state index contributed by atoms with van der Waals surface area (Å²) in [6, 6.07) is 7.23. The van der Waals surface area contributed by atoms with E-state index in [-0.39, 0.29) is 11.5 Å². The molecule has 0 heterocycles. The number of carbonyl (C=O) groups is 1. The van der Waals surface area contributed by atoms with E-state index in [1.165, 1.54) is 14.2 Å². The van der Waals surface area contributed by atoms with Gasteiger partial charge >= 0.3 is 6.16 Å². The fraction of sp³-hybridized carbons (Fsp3) is 0.417. The molecule has 0 aliphatic heterocycles. The van der Waals surface area contributed by atoms with Crippen LogP contribution in [0.2, 0.25) is 0 Å². The van der Waals surface area contributed by atoms with Crippen molar-refractivity contribution in [2.75, 3.05) is 35.5 Å². The summed E-state index contributed by atoms with van der Waals surface area (Å²) in [7, 11) is 7.58. The van der Waals surface area contributed by atoms with E-state index in [4.69, 9.17) is 18.9 Å². The molecule has 0 unspecified atom stereocenters. The molecule has 0 fully saturated rings. The second kappa shape index (κ2) is 11.3. The minimum atomic E-state index is -0.625. The molecule has 1 aliphatic carbocycles. The lowest BCUT2D eigenvalue weighted by Gasteiger charge is -2.24. The lowest BCUT2D eigenvalue weighted by atomic mass is 9.85. The van der Waals surface area contributed by atoms with Gasteiger partial charge in [0.05, 0.1) is 41.7 Å². The zero-order valence-corrected chi connectivity index (χ0v) is 19.6. The smallest absolute Gasteiger partial charge is 0.493 e. The number of carbonyl (C=O) groups excluding carboxylic acids is 1. The summed E-state index contributed by atoms with van der Waals surface area (Å²) in [5, 5.41) is 0. The van der Waals surface area contributed by atoms with E-state index < -0.39 is 6.16 Å². The van der Waals surface area contributed by atoms with Crippen LogP contribution in [0, 0.1) is 0 Å². The zero-order valence-electron chi connectivity index (χ0n) is 19.6. The Balaban J connectivity index is 0.000000390. The summed E-state index contributed by atoms with van der Waals surface area (Å²) in [5.41, 5.74) is 3.85. The Morgan fingerprint density at radius 2 is 1.44 bits per heavy atom. The minimum Gasteiger partial charge on any atom is -0.493 e. The van der Waals surface area contributed by atoms with Gasteiger partial charge in [-0.05, 0) is 61.6 Å². The van der Waals surface area contributed by atoms with Crippen LogP contribution < -0.4 is 24.4 Å². The quantitative estimate of drug-likeness (QED) is 0.636. The van der Waals surface area contributed by atoms with Gasteiger partial charge in [0, 0.05) is 5.56 Å². The molecule has 0 amide bonds.